The van der Waals surface area contributed by atoms with E-state index >= 15 is 0 Å². The van der Waals surface area contributed by atoms with Crippen molar-refractivity contribution in [2.24, 2.45) is 5.10 Å². The van der Waals surface area contributed by atoms with Crippen molar-refractivity contribution in [3.63, 3.8) is 0 Å². The van der Waals surface area contributed by atoms with Crippen molar-refractivity contribution in [3.8, 4) is 0 Å². The topological polar surface area (TPSA) is 96.6 Å². The Kier molecular flexibility index (Phi) is 6.46. The first-order valence-electron chi connectivity index (χ1n) is 7.71. The van der Waals surface area contributed by atoms with E-state index in [4.69, 9.17) is 34.8 Å². The Hall–Kier alpha value is -2.26. The van der Waals surface area contributed by atoms with E-state index in [1.54, 1.807) is 18.2 Å². The first kappa shape index (κ1) is 20.5. The van der Waals surface area contributed by atoms with Gasteiger partial charge in [-0.25, -0.2) is 10.2 Å². The van der Waals surface area contributed by atoms with Crippen molar-refractivity contribution in [1.82, 2.24) is 5.43 Å². The Morgan fingerprint density at radius 1 is 1.25 bits per heavy atom. The van der Waals surface area contributed by atoms with Gasteiger partial charge < -0.3 is 5.32 Å². The summed E-state index contributed by atoms with van der Waals surface area (Å²) in [5, 5.41) is 18.6. The number of amides is 2. The van der Waals surface area contributed by atoms with Gasteiger partial charge >= 0.3 is 6.03 Å². The molecule has 144 valence electrons. The normalized spacial score (nSPS) is 13.4. The van der Waals surface area contributed by atoms with E-state index < -0.39 is 11.0 Å². The summed E-state index contributed by atoms with van der Waals surface area (Å²) in [7, 11) is 0. The highest BCUT2D eigenvalue weighted by Gasteiger charge is 2.20. The molecule has 0 bridgehead atoms. The van der Waals surface area contributed by atoms with Crippen LogP contribution in [0.15, 0.2) is 52.0 Å². The van der Waals surface area contributed by atoms with Gasteiger partial charge in [-0.05, 0) is 18.2 Å². The number of hydrogen-bond donors (Lipinski definition) is 2. The molecular weight excluding hydrogens is 447 g/mol. The lowest BCUT2D eigenvalue weighted by molar-refractivity contribution is -0.383. The number of nitro groups is 1. The molecule has 0 unspecified atom stereocenters. The van der Waals surface area contributed by atoms with Crippen LogP contribution in [0.4, 0.5) is 16.2 Å². The summed E-state index contributed by atoms with van der Waals surface area (Å²) in [5.41, 5.74) is 3.46. The Balaban J connectivity index is 1.71. The average Bonchev–Trinajstić information content (AvgIpc) is 2.64. The molecule has 28 heavy (non-hydrogen) atoms. The summed E-state index contributed by atoms with van der Waals surface area (Å²) in [5.74, 6) is 0.504. The summed E-state index contributed by atoms with van der Waals surface area (Å²) in [6.07, 6.45) is 1.41. The molecule has 3 rings (SSSR count). The first-order valence-corrected chi connectivity index (χ1v) is 9.83. The van der Waals surface area contributed by atoms with Gasteiger partial charge in [-0.15, -0.1) is 11.8 Å². The van der Waals surface area contributed by atoms with E-state index in [2.05, 4.69) is 15.8 Å². The van der Waals surface area contributed by atoms with E-state index in [0.717, 1.165) is 4.90 Å². The Bertz CT molecular complexity index is 1030. The number of thioether (sulfide) groups is 1. The van der Waals surface area contributed by atoms with Gasteiger partial charge in [0.05, 0.1) is 21.2 Å². The minimum Gasteiger partial charge on any atom is -0.301 e. The number of halogens is 3. The van der Waals surface area contributed by atoms with E-state index in [9.17, 15) is 14.9 Å². The zero-order chi connectivity index (χ0) is 20.3. The predicted octanol–water partition coefficient (Wildman–Crippen LogP) is 5.76. The number of nitro benzene ring substituents is 1. The number of rotatable bonds is 4. The van der Waals surface area contributed by atoms with Crippen LogP contribution in [0.3, 0.4) is 0 Å². The molecule has 0 fully saturated rings. The SMILES string of the molecule is O=C(N/N=C/C1=C(Cl)c2cc(Cl)cc(Cl)c2SC1)Nc1ccccc1[N+](=O)[O-]. The van der Waals surface area contributed by atoms with Gasteiger partial charge in [0.25, 0.3) is 5.69 Å². The van der Waals surface area contributed by atoms with Crippen LogP contribution in [0.25, 0.3) is 5.03 Å². The molecule has 1 aliphatic rings. The minimum absolute atomic E-state index is 0.0591. The van der Waals surface area contributed by atoms with Gasteiger partial charge in [0, 0.05) is 32.9 Å². The van der Waals surface area contributed by atoms with Crippen LogP contribution >= 0.6 is 46.6 Å². The van der Waals surface area contributed by atoms with E-state index in [1.807, 2.05) is 0 Å². The largest absolute Gasteiger partial charge is 0.339 e. The van der Waals surface area contributed by atoms with Gasteiger partial charge in [-0.2, -0.15) is 5.10 Å². The molecule has 2 N–H and O–H groups in total. The van der Waals surface area contributed by atoms with Crippen LogP contribution in [0.1, 0.15) is 5.56 Å². The zero-order valence-electron chi connectivity index (χ0n) is 13.9. The lowest BCUT2D eigenvalue weighted by Gasteiger charge is -2.18. The second-order valence-electron chi connectivity index (χ2n) is 5.49. The maximum atomic E-state index is 12.0. The smallest absolute Gasteiger partial charge is 0.301 e. The van der Waals surface area contributed by atoms with E-state index in [1.165, 1.54) is 36.2 Å². The number of benzene rings is 2. The van der Waals surface area contributed by atoms with E-state index in [-0.39, 0.29) is 11.4 Å². The van der Waals surface area contributed by atoms with Crippen molar-refractivity contribution >= 4 is 75.2 Å². The van der Waals surface area contributed by atoms with Crippen LogP contribution in [0.5, 0.6) is 0 Å². The third-order valence-electron chi connectivity index (χ3n) is 3.63. The molecule has 7 nitrogen and oxygen atoms in total. The number of carbonyl (C=O) groups excluding carboxylic acids is 1. The van der Waals surface area contributed by atoms with Crippen molar-refractivity contribution in [2.45, 2.75) is 4.90 Å². The second kappa shape index (κ2) is 8.83. The quantitative estimate of drug-likeness (QED) is 0.346. The predicted molar refractivity (Wildman–Crippen MR) is 114 cm³/mol. The number of fused-ring (bicyclic) bond motifs is 1. The summed E-state index contributed by atoms with van der Waals surface area (Å²) >= 11 is 20.1. The second-order valence-corrected chi connectivity index (χ2v) is 7.70. The summed E-state index contributed by atoms with van der Waals surface area (Å²) in [4.78, 5) is 23.2. The molecule has 0 saturated carbocycles. The fourth-order valence-corrected chi connectivity index (χ4v) is 4.50. The van der Waals surface area contributed by atoms with Crippen LogP contribution in [-0.2, 0) is 0 Å². The van der Waals surface area contributed by atoms with Gasteiger partial charge in [0.2, 0.25) is 0 Å². The molecule has 0 aliphatic carbocycles. The standard InChI is InChI=1S/C17H11Cl3N4O3S/c18-10-5-11-15(20)9(8-28-16(11)12(19)6-10)7-21-23-17(25)22-13-3-1-2-4-14(13)24(26)27/h1-7H,8H2,(H2,22,23,25)/b21-7+. The van der Waals surface area contributed by atoms with Gasteiger partial charge in [-0.1, -0.05) is 46.9 Å². The molecule has 0 atom stereocenters. The van der Waals surface area contributed by atoms with E-state index in [0.29, 0.717) is 32.0 Å². The van der Waals surface area contributed by atoms with Crippen LogP contribution < -0.4 is 10.7 Å². The third-order valence-corrected chi connectivity index (χ3v) is 5.89. The van der Waals surface area contributed by atoms with Gasteiger partial charge in [0.1, 0.15) is 5.69 Å². The molecule has 0 saturated heterocycles. The number of anilines is 1. The number of nitrogens with one attached hydrogen (secondary N) is 2. The average molecular weight is 458 g/mol. The Labute approximate surface area is 178 Å². The van der Waals surface area contributed by atoms with Crippen molar-refractivity contribution in [3.05, 3.63) is 67.7 Å². The van der Waals surface area contributed by atoms with Crippen molar-refractivity contribution < 1.29 is 9.72 Å². The molecular formula is C17H11Cl3N4O3S. The molecule has 2 amide bonds. The van der Waals surface area contributed by atoms with Gasteiger partial charge in [0.15, 0.2) is 0 Å². The Morgan fingerprint density at radius 3 is 2.75 bits per heavy atom. The minimum atomic E-state index is -0.725. The molecule has 1 heterocycles. The third kappa shape index (κ3) is 4.59. The number of hydrogen-bond acceptors (Lipinski definition) is 5. The summed E-state index contributed by atoms with van der Waals surface area (Å²) in [6, 6.07) is 8.41. The molecule has 11 heteroatoms. The fraction of sp³-hybridized carbons (Fsp3) is 0.0588. The Morgan fingerprint density at radius 2 is 2.00 bits per heavy atom. The molecule has 2 aromatic rings. The number of para-hydroxylation sites is 2. The van der Waals surface area contributed by atoms with Crippen LogP contribution in [-0.4, -0.2) is 22.9 Å². The maximum absolute atomic E-state index is 12.0. The molecule has 2 aromatic carbocycles. The number of nitrogens with zero attached hydrogens (tertiary/aromatic N) is 2. The first-order chi connectivity index (χ1) is 13.4. The maximum Gasteiger partial charge on any atom is 0.339 e. The molecule has 0 spiro atoms. The highest BCUT2D eigenvalue weighted by Crippen LogP contribution is 2.43. The lowest BCUT2D eigenvalue weighted by atomic mass is 10.1. The van der Waals surface area contributed by atoms with Crippen molar-refractivity contribution in [2.75, 3.05) is 11.1 Å². The molecule has 0 aromatic heterocycles. The fourth-order valence-electron chi connectivity index (χ4n) is 2.41. The number of urea groups is 1. The summed E-state index contributed by atoms with van der Waals surface area (Å²) in [6.45, 7) is 0. The van der Waals surface area contributed by atoms with Gasteiger partial charge in [-0.3, -0.25) is 10.1 Å². The van der Waals surface area contributed by atoms with Crippen molar-refractivity contribution in [1.29, 1.82) is 0 Å². The molecule has 0 radical (unpaired) electrons. The van der Waals surface area contributed by atoms with Crippen LogP contribution in [0.2, 0.25) is 10.0 Å². The van der Waals surface area contributed by atoms with Crippen LogP contribution in [0, 0.1) is 10.1 Å². The number of hydrazone groups is 1. The molecule has 1 aliphatic heterocycles. The lowest BCUT2D eigenvalue weighted by Crippen LogP contribution is -2.24. The summed E-state index contributed by atoms with van der Waals surface area (Å²) < 4.78 is 0. The zero-order valence-corrected chi connectivity index (χ0v) is 17.0. The number of carbonyl (C=O) groups is 1. The monoisotopic (exact) mass is 456 g/mol. The highest BCUT2D eigenvalue weighted by atomic mass is 35.5. The highest BCUT2D eigenvalue weighted by molar-refractivity contribution is 7.99.